The van der Waals surface area contributed by atoms with E-state index in [9.17, 15) is 9.59 Å². The third-order valence-corrected chi connectivity index (χ3v) is 4.68. The highest BCUT2D eigenvalue weighted by Gasteiger charge is 2.24. The van der Waals surface area contributed by atoms with Crippen LogP contribution < -0.4 is 19.5 Å². The maximum atomic E-state index is 12.6. The van der Waals surface area contributed by atoms with Gasteiger partial charge in [-0.25, -0.2) is 9.48 Å². The van der Waals surface area contributed by atoms with E-state index in [0.29, 0.717) is 11.5 Å². The van der Waals surface area contributed by atoms with Crippen molar-refractivity contribution in [3.05, 3.63) is 66.0 Å². The standard InChI is InChI=1S/C23H25N3O6/c1-15(22(27)24-13-16-10-11-18(29-2)19(12-16)30-3)32-23(28)21-20(31-4)14-26(25-21)17-8-6-5-7-9-17/h5-12,14-15H,13H2,1-4H3,(H,24,27). The molecule has 0 bridgehead atoms. The second kappa shape index (κ2) is 10.3. The monoisotopic (exact) mass is 439 g/mol. The van der Waals surface area contributed by atoms with E-state index in [4.69, 9.17) is 18.9 Å². The van der Waals surface area contributed by atoms with E-state index in [1.807, 2.05) is 30.3 Å². The van der Waals surface area contributed by atoms with Crippen molar-refractivity contribution in [3.63, 3.8) is 0 Å². The Kier molecular flexibility index (Phi) is 7.33. The first kappa shape index (κ1) is 22.7. The van der Waals surface area contributed by atoms with E-state index in [0.717, 1.165) is 11.3 Å². The summed E-state index contributed by atoms with van der Waals surface area (Å²) in [6.45, 7) is 1.72. The number of carbonyl (C=O) groups excluding carboxylic acids is 2. The molecule has 0 saturated carbocycles. The summed E-state index contributed by atoms with van der Waals surface area (Å²) in [5.74, 6) is 0.185. The molecule has 0 spiro atoms. The minimum atomic E-state index is -1.03. The molecule has 0 aliphatic carbocycles. The number of nitrogens with one attached hydrogen (secondary N) is 1. The Labute approximate surface area is 185 Å². The van der Waals surface area contributed by atoms with Gasteiger partial charge in [-0.15, -0.1) is 0 Å². The van der Waals surface area contributed by atoms with Crippen LogP contribution in [-0.2, 0) is 16.1 Å². The molecular weight excluding hydrogens is 414 g/mol. The Balaban J connectivity index is 1.63. The van der Waals surface area contributed by atoms with Gasteiger partial charge in [0.2, 0.25) is 5.69 Å². The second-order valence-electron chi connectivity index (χ2n) is 6.78. The summed E-state index contributed by atoms with van der Waals surface area (Å²) in [6, 6.07) is 14.6. The van der Waals surface area contributed by atoms with Gasteiger partial charge < -0.3 is 24.3 Å². The van der Waals surface area contributed by atoms with Gasteiger partial charge >= 0.3 is 5.97 Å². The van der Waals surface area contributed by atoms with Gasteiger partial charge in [-0.3, -0.25) is 4.79 Å². The first-order valence-corrected chi connectivity index (χ1v) is 9.85. The smallest absolute Gasteiger partial charge is 0.363 e. The normalized spacial score (nSPS) is 11.4. The number of aromatic nitrogens is 2. The fourth-order valence-corrected chi connectivity index (χ4v) is 2.96. The zero-order chi connectivity index (χ0) is 23.1. The van der Waals surface area contributed by atoms with Gasteiger partial charge in [0.15, 0.2) is 23.4 Å². The predicted octanol–water partition coefficient (Wildman–Crippen LogP) is 2.76. The van der Waals surface area contributed by atoms with Crippen LogP contribution in [0, 0.1) is 0 Å². The summed E-state index contributed by atoms with van der Waals surface area (Å²) < 4.78 is 22.5. The van der Waals surface area contributed by atoms with Crippen LogP contribution in [0.2, 0.25) is 0 Å². The topological polar surface area (TPSA) is 101 Å². The lowest BCUT2D eigenvalue weighted by atomic mass is 10.2. The summed E-state index contributed by atoms with van der Waals surface area (Å²) in [5.41, 5.74) is 1.54. The zero-order valence-electron chi connectivity index (χ0n) is 18.3. The van der Waals surface area contributed by atoms with Crippen LogP contribution in [-0.4, -0.2) is 49.1 Å². The predicted molar refractivity (Wildman–Crippen MR) is 116 cm³/mol. The number of ether oxygens (including phenoxy) is 4. The highest BCUT2D eigenvalue weighted by Crippen LogP contribution is 2.27. The Morgan fingerprint density at radius 1 is 0.969 bits per heavy atom. The molecule has 0 aliphatic heterocycles. The van der Waals surface area contributed by atoms with Crippen LogP contribution in [0.15, 0.2) is 54.7 Å². The summed E-state index contributed by atoms with van der Waals surface area (Å²) in [5, 5.41) is 6.99. The molecule has 9 heteroatoms. The Bertz CT molecular complexity index is 1080. The van der Waals surface area contributed by atoms with Crippen molar-refractivity contribution in [2.45, 2.75) is 19.6 Å². The van der Waals surface area contributed by atoms with Gasteiger partial charge in [0.1, 0.15) is 0 Å². The van der Waals surface area contributed by atoms with E-state index in [1.54, 1.807) is 31.5 Å². The third kappa shape index (κ3) is 5.18. The number of carbonyl (C=O) groups is 2. The molecule has 32 heavy (non-hydrogen) atoms. The lowest BCUT2D eigenvalue weighted by Crippen LogP contribution is -2.35. The average Bonchev–Trinajstić information content (AvgIpc) is 3.27. The van der Waals surface area contributed by atoms with E-state index < -0.39 is 18.0 Å². The number of methoxy groups -OCH3 is 3. The van der Waals surface area contributed by atoms with Crippen molar-refractivity contribution in [1.82, 2.24) is 15.1 Å². The minimum Gasteiger partial charge on any atom is -0.493 e. The van der Waals surface area contributed by atoms with Crippen LogP contribution in [0.4, 0.5) is 0 Å². The molecule has 1 heterocycles. The Morgan fingerprint density at radius 3 is 2.31 bits per heavy atom. The van der Waals surface area contributed by atoms with Gasteiger partial charge in [-0.05, 0) is 36.8 Å². The number of rotatable bonds is 9. The molecule has 1 unspecified atom stereocenters. The molecule has 1 N–H and O–H groups in total. The van der Waals surface area contributed by atoms with Crippen LogP contribution in [0.1, 0.15) is 23.0 Å². The van der Waals surface area contributed by atoms with Gasteiger partial charge in [-0.2, -0.15) is 5.10 Å². The number of nitrogens with zero attached hydrogens (tertiary/aromatic N) is 2. The Hall–Kier alpha value is -4.01. The van der Waals surface area contributed by atoms with E-state index >= 15 is 0 Å². The fraction of sp³-hybridized carbons (Fsp3) is 0.261. The van der Waals surface area contributed by atoms with E-state index in [1.165, 1.54) is 25.8 Å². The van der Waals surface area contributed by atoms with E-state index in [2.05, 4.69) is 10.4 Å². The van der Waals surface area contributed by atoms with Gasteiger partial charge in [0, 0.05) is 6.54 Å². The molecule has 1 amide bonds. The summed E-state index contributed by atoms with van der Waals surface area (Å²) in [4.78, 5) is 25.1. The van der Waals surface area contributed by atoms with Crippen molar-refractivity contribution in [3.8, 4) is 22.9 Å². The van der Waals surface area contributed by atoms with Crippen LogP contribution >= 0.6 is 0 Å². The maximum absolute atomic E-state index is 12.6. The quantitative estimate of drug-likeness (QED) is 0.512. The molecule has 1 atom stereocenters. The van der Waals surface area contributed by atoms with Crippen molar-refractivity contribution in [2.24, 2.45) is 0 Å². The third-order valence-electron chi connectivity index (χ3n) is 4.68. The molecule has 168 valence electrons. The maximum Gasteiger partial charge on any atom is 0.363 e. The molecule has 2 aromatic carbocycles. The molecule has 0 fully saturated rings. The number of esters is 1. The SMILES string of the molecule is COc1ccc(CNC(=O)C(C)OC(=O)c2nn(-c3ccccc3)cc2OC)cc1OC. The molecular formula is C23H25N3O6. The highest BCUT2D eigenvalue weighted by atomic mass is 16.6. The molecule has 3 aromatic rings. The van der Waals surface area contributed by atoms with Crippen molar-refractivity contribution >= 4 is 11.9 Å². The van der Waals surface area contributed by atoms with Crippen LogP contribution in [0.25, 0.3) is 5.69 Å². The van der Waals surface area contributed by atoms with Crippen LogP contribution in [0.5, 0.6) is 17.2 Å². The molecule has 9 nitrogen and oxygen atoms in total. The van der Waals surface area contributed by atoms with Crippen molar-refractivity contribution in [1.29, 1.82) is 0 Å². The number of benzene rings is 2. The first-order valence-electron chi connectivity index (χ1n) is 9.85. The zero-order valence-corrected chi connectivity index (χ0v) is 18.3. The fourth-order valence-electron chi connectivity index (χ4n) is 2.96. The van der Waals surface area contributed by atoms with Crippen molar-refractivity contribution in [2.75, 3.05) is 21.3 Å². The molecule has 1 aromatic heterocycles. The highest BCUT2D eigenvalue weighted by molar-refractivity contribution is 5.92. The molecule has 0 radical (unpaired) electrons. The van der Waals surface area contributed by atoms with Gasteiger partial charge in [0.05, 0.1) is 33.2 Å². The van der Waals surface area contributed by atoms with Crippen LogP contribution in [0.3, 0.4) is 0 Å². The molecule has 3 rings (SSSR count). The number of hydrogen-bond acceptors (Lipinski definition) is 7. The molecule has 0 saturated heterocycles. The number of hydrogen-bond donors (Lipinski definition) is 1. The Morgan fingerprint density at radius 2 is 1.66 bits per heavy atom. The average molecular weight is 439 g/mol. The lowest BCUT2D eigenvalue weighted by Gasteiger charge is -2.14. The van der Waals surface area contributed by atoms with Crippen molar-refractivity contribution < 1.29 is 28.5 Å². The van der Waals surface area contributed by atoms with Gasteiger partial charge in [-0.1, -0.05) is 24.3 Å². The molecule has 0 aliphatic rings. The first-order chi connectivity index (χ1) is 15.5. The lowest BCUT2D eigenvalue weighted by molar-refractivity contribution is -0.129. The minimum absolute atomic E-state index is 0.0177. The van der Waals surface area contributed by atoms with Gasteiger partial charge in [0.25, 0.3) is 5.91 Å². The number of para-hydroxylation sites is 1. The van der Waals surface area contributed by atoms with E-state index in [-0.39, 0.29) is 18.0 Å². The summed E-state index contributed by atoms with van der Waals surface area (Å²) in [6.07, 6.45) is 0.544. The summed E-state index contributed by atoms with van der Waals surface area (Å²) in [7, 11) is 4.52. The second-order valence-corrected chi connectivity index (χ2v) is 6.78. The summed E-state index contributed by atoms with van der Waals surface area (Å²) >= 11 is 0. The largest absolute Gasteiger partial charge is 0.493 e. The number of amides is 1.